The lowest BCUT2D eigenvalue weighted by molar-refractivity contribution is -0.122. The Hall–Kier alpha value is -2.04. The molecule has 0 bridgehead atoms. The molecule has 0 aromatic heterocycles. The van der Waals surface area contributed by atoms with E-state index in [-0.39, 0.29) is 11.9 Å². The minimum atomic E-state index is -0.584. The summed E-state index contributed by atoms with van der Waals surface area (Å²) in [5.74, 6) is 0.573. The van der Waals surface area contributed by atoms with Crippen LogP contribution in [0, 0.1) is 0 Å². The first-order chi connectivity index (χ1) is 11.0. The lowest BCUT2D eigenvalue weighted by atomic mass is 9.98. The van der Waals surface area contributed by atoms with Crippen molar-refractivity contribution in [1.29, 1.82) is 0 Å². The molecule has 0 saturated heterocycles. The quantitative estimate of drug-likeness (QED) is 0.853. The van der Waals surface area contributed by atoms with Crippen molar-refractivity contribution in [2.45, 2.75) is 25.9 Å². The Morgan fingerprint density at radius 1 is 1.22 bits per heavy atom. The van der Waals surface area contributed by atoms with E-state index >= 15 is 0 Å². The van der Waals surface area contributed by atoms with Crippen molar-refractivity contribution < 1.29 is 9.53 Å². The molecule has 0 radical (unpaired) electrons. The van der Waals surface area contributed by atoms with E-state index in [4.69, 9.17) is 22.1 Å². The summed E-state index contributed by atoms with van der Waals surface area (Å²) < 4.78 is 5.46. The monoisotopic (exact) mass is 332 g/mol. The molecule has 2 rings (SSSR count). The molecule has 0 saturated carbocycles. The smallest absolute Gasteiger partial charge is 0.237 e. The van der Waals surface area contributed by atoms with E-state index in [0.717, 1.165) is 16.9 Å². The van der Waals surface area contributed by atoms with Gasteiger partial charge >= 0.3 is 0 Å². The van der Waals surface area contributed by atoms with Gasteiger partial charge in [0.2, 0.25) is 5.91 Å². The van der Waals surface area contributed by atoms with E-state index < -0.39 is 6.04 Å². The molecular weight excluding hydrogens is 312 g/mol. The van der Waals surface area contributed by atoms with Gasteiger partial charge in [0.05, 0.1) is 18.7 Å². The zero-order valence-electron chi connectivity index (χ0n) is 13.3. The maximum atomic E-state index is 12.1. The summed E-state index contributed by atoms with van der Waals surface area (Å²) in [5, 5.41) is 3.58. The second-order valence-corrected chi connectivity index (χ2v) is 5.72. The summed E-state index contributed by atoms with van der Waals surface area (Å²) in [5.41, 5.74) is 7.51. The molecule has 2 atom stereocenters. The van der Waals surface area contributed by atoms with Gasteiger partial charge in [-0.25, -0.2) is 0 Å². The molecule has 4 nitrogen and oxygen atoms in total. The molecule has 0 spiro atoms. The standard InChI is InChI=1S/C18H21ClN2O2/c1-3-23-16-9-7-13(8-10-16)17(21-18(22)12(2)20)14-5-4-6-15(19)11-14/h4-12,17H,3,20H2,1-2H3,(H,21,22). The van der Waals surface area contributed by atoms with Gasteiger partial charge in [0.1, 0.15) is 5.75 Å². The minimum Gasteiger partial charge on any atom is -0.494 e. The molecule has 122 valence electrons. The molecule has 0 aliphatic rings. The summed E-state index contributed by atoms with van der Waals surface area (Å²) in [4.78, 5) is 12.1. The molecule has 2 unspecified atom stereocenters. The molecule has 5 heteroatoms. The van der Waals surface area contributed by atoms with E-state index in [1.807, 2.05) is 49.4 Å². The molecule has 0 heterocycles. The third kappa shape index (κ3) is 4.71. The summed E-state index contributed by atoms with van der Waals surface area (Å²) in [6.07, 6.45) is 0. The maximum Gasteiger partial charge on any atom is 0.237 e. The van der Waals surface area contributed by atoms with Crippen molar-refractivity contribution in [3.63, 3.8) is 0 Å². The molecular formula is C18H21ClN2O2. The fourth-order valence-corrected chi connectivity index (χ4v) is 2.44. The van der Waals surface area contributed by atoms with Gasteiger partial charge in [0.15, 0.2) is 0 Å². The molecule has 2 aromatic carbocycles. The Kier molecular flexibility index (Phi) is 6.02. The summed E-state index contributed by atoms with van der Waals surface area (Å²) >= 11 is 6.08. The summed E-state index contributed by atoms with van der Waals surface area (Å²) in [6, 6.07) is 14.1. The summed E-state index contributed by atoms with van der Waals surface area (Å²) in [6.45, 7) is 4.20. The number of nitrogens with one attached hydrogen (secondary N) is 1. The number of nitrogens with two attached hydrogens (primary N) is 1. The molecule has 3 N–H and O–H groups in total. The van der Waals surface area contributed by atoms with Crippen LogP contribution in [0.5, 0.6) is 5.75 Å². The Labute approximate surface area is 141 Å². The number of benzene rings is 2. The highest BCUT2D eigenvalue weighted by Crippen LogP contribution is 2.26. The Morgan fingerprint density at radius 2 is 1.91 bits per heavy atom. The van der Waals surface area contributed by atoms with Crippen molar-refractivity contribution in [3.8, 4) is 5.75 Å². The average molecular weight is 333 g/mol. The topological polar surface area (TPSA) is 64.3 Å². The van der Waals surface area contributed by atoms with E-state index in [9.17, 15) is 4.79 Å². The highest BCUT2D eigenvalue weighted by Gasteiger charge is 2.19. The van der Waals surface area contributed by atoms with Crippen LogP contribution in [0.2, 0.25) is 5.02 Å². The largest absolute Gasteiger partial charge is 0.494 e. The van der Waals surface area contributed by atoms with Gasteiger partial charge in [0.25, 0.3) is 0 Å². The Morgan fingerprint density at radius 3 is 2.48 bits per heavy atom. The number of rotatable bonds is 6. The van der Waals surface area contributed by atoms with Gasteiger partial charge in [0, 0.05) is 5.02 Å². The first-order valence-corrected chi connectivity index (χ1v) is 7.93. The number of halogens is 1. The predicted molar refractivity (Wildman–Crippen MR) is 92.7 cm³/mol. The van der Waals surface area contributed by atoms with Gasteiger partial charge in [-0.3, -0.25) is 4.79 Å². The lowest BCUT2D eigenvalue weighted by Gasteiger charge is -2.21. The third-order valence-electron chi connectivity index (χ3n) is 3.41. The molecule has 1 amide bonds. The maximum absolute atomic E-state index is 12.1. The number of hydrogen-bond donors (Lipinski definition) is 2. The van der Waals surface area contributed by atoms with Crippen LogP contribution in [0.4, 0.5) is 0 Å². The fraction of sp³-hybridized carbons (Fsp3) is 0.278. The van der Waals surface area contributed by atoms with Gasteiger partial charge in [-0.2, -0.15) is 0 Å². The van der Waals surface area contributed by atoms with Gasteiger partial charge < -0.3 is 15.8 Å². The van der Waals surface area contributed by atoms with Crippen molar-refractivity contribution in [1.82, 2.24) is 5.32 Å². The number of hydrogen-bond acceptors (Lipinski definition) is 3. The number of carbonyl (C=O) groups is 1. The van der Waals surface area contributed by atoms with Crippen LogP contribution < -0.4 is 15.8 Å². The molecule has 0 aliphatic heterocycles. The van der Waals surface area contributed by atoms with Gasteiger partial charge in [-0.15, -0.1) is 0 Å². The number of carbonyl (C=O) groups excluding carboxylic acids is 1. The van der Waals surface area contributed by atoms with Crippen LogP contribution in [-0.2, 0) is 4.79 Å². The fourth-order valence-electron chi connectivity index (χ4n) is 2.24. The Balaban J connectivity index is 2.34. The SMILES string of the molecule is CCOc1ccc(C(NC(=O)C(C)N)c2cccc(Cl)c2)cc1. The van der Waals surface area contributed by atoms with Gasteiger partial charge in [-0.05, 0) is 49.2 Å². The van der Waals surface area contributed by atoms with E-state index in [0.29, 0.717) is 11.6 Å². The van der Waals surface area contributed by atoms with Crippen molar-refractivity contribution in [2.24, 2.45) is 5.73 Å². The Bertz CT molecular complexity index is 656. The van der Waals surface area contributed by atoms with Crippen molar-refractivity contribution in [2.75, 3.05) is 6.61 Å². The molecule has 0 fully saturated rings. The second kappa shape index (κ2) is 7.99. The van der Waals surface area contributed by atoms with Crippen LogP contribution in [0.1, 0.15) is 31.0 Å². The zero-order valence-corrected chi connectivity index (χ0v) is 14.0. The average Bonchev–Trinajstić information content (AvgIpc) is 2.53. The first kappa shape index (κ1) is 17.3. The van der Waals surface area contributed by atoms with Crippen LogP contribution in [0.3, 0.4) is 0 Å². The zero-order chi connectivity index (χ0) is 16.8. The second-order valence-electron chi connectivity index (χ2n) is 5.29. The van der Waals surface area contributed by atoms with E-state index in [1.54, 1.807) is 13.0 Å². The van der Waals surface area contributed by atoms with E-state index in [2.05, 4.69) is 5.32 Å². The van der Waals surface area contributed by atoms with Crippen molar-refractivity contribution >= 4 is 17.5 Å². The predicted octanol–water partition coefficient (Wildman–Crippen LogP) is 3.29. The molecule has 23 heavy (non-hydrogen) atoms. The van der Waals surface area contributed by atoms with Gasteiger partial charge in [-0.1, -0.05) is 35.9 Å². The first-order valence-electron chi connectivity index (χ1n) is 7.55. The number of ether oxygens (including phenoxy) is 1. The number of amides is 1. The summed E-state index contributed by atoms with van der Waals surface area (Å²) in [7, 11) is 0. The van der Waals surface area contributed by atoms with Crippen LogP contribution >= 0.6 is 11.6 Å². The minimum absolute atomic E-state index is 0.219. The van der Waals surface area contributed by atoms with Crippen LogP contribution in [0.25, 0.3) is 0 Å². The van der Waals surface area contributed by atoms with E-state index in [1.165, 1.54) is 0 Å². The third-order valence-corrected chi connectivity index (χ3v) is 3.64. The van der Waals surface area contributed by atoms with Crippen LogP contribution in [0.15, 0.2) is 48.5 Å². The van der Waals surface area contributed by atoms with Crippen molar-refractivity contribution in [3.05, 3.63) is 64.7 Å². The normalized spacial score (nSPS) is 13.2. The highest BCUT2D eigenvalue weighted by molar-refractivity contribution is 6.30. The van der Waals surface area contributed by atoms with Crippen LogP contribution in [-0.4, -0.2) is 18.6 Å². The highest BCUT2D eigenvalue weighted by atomic mass is 35.5. The molecule has 0 aliphatic carbocycles. The molecule has 2 aromatic rings. The lowest BCUT2D eigenvalue weighted by Crippen LogP contribution is -2.40.